The molecule has 2 N–H and O–H groups in total. The maximum Gasteiger partial charge on any atom is 0.174 e. The van der Waals surface area contributed by atoms with Crippen molar-refractivity contribution >= 4 is 28.7 Å². The van der Waals surface area contributed by atoms with Gasteiger partial charge in [0.05, 0.1) is 24.9 Å². The van der Waals surface area contributed by atoms with Crippen LogP contribution < -0.4 is 15.1 Å². The summed E-state index contributed by atoms with van der Waals surface area (Å²) in [6.45, 7) is 3.41. The lowest BCUT2D eigenvalue weighted by Crippen LogP contribution is -2.36. The first-order chi connectivity index (χ1) is 14.3. The molecule has 2 aliphatic heterocycles. The standard InChI is InChI=1S/C22H23N5OS/c29-22-25-20(18-4-1-2-10-23-18)21(19-5-3-11-24-19)27(22)17-8-6-16(7-9-17)26-12-14-28-15-13-26/h1-11,20-21,24H,12-15H2,(H,25,29). The number of aromatic nitrogens is 2. The summed E-state index contributed by atoms with van der Waals surface area (Å²) < 4.78 is 5.46. The van der Waals surface area contributed by atoms with Crippen LogP contribution in [0.4, 0.5) is 11.4 Å². The van der Waals surface area contributed by atoms with Gasteiger partial charge in [-0.2, -0.15) is 0 Å². The molecule has 29 heavy (non-hydrogen) atoms. The Kier molecular flexibility index (Phi) is 4.91. The molecular formula is C22H23N5OS. The fraction of sp³-hybridized carbons (Fsp3) is 0.273. The van der Waals surface area contributed by atoms with Crippen LogP contribution in [-0.2, 0) is 4.74 Å². The normalized spacial score (nSPS) is 22.0. The van der Waals surface area contributed by atoms with Crippen LogP contribution in [0.3, 0.4) is 0 Å². The molecule has 0 amide bonds. The third-order valence-electron chi connectivity index (χ3n) is 5.54. The van der Waals surface area contributed by atoms with Gasteiger partial charge in [-0.05, 0) is 60.7 Å². The monoisotopic (exact) mass is 405 g/mol. The van der Waals surface area contributed by atoms with Crippen molar-refractivity contribution in [2.45, 2.75) is 12.1 Å². The van der Waals surface area contributed by atoms with Crippen LogP contribution in [0.15, 0.2) is 67.0 Å². The molecule has 2 aromatic heterocycles. The second-order valence-corrected chi connectivity index (χ2v) is 7.62. The molecule has 3 aromatic rings. The summed E-state index contributed by atoms with van der Waals surface area (Å²) in [4.78, 5) is 12.5. The van der Waals surface area contributed by atoms with Crippen LogP contribution in [-0.4, -0.2) is 41.4 Å². The number of thiocarbonyl (C=S) groups is 1. The second-order valence-electron chi connectivity index (χ2n) is 7.24. The topological polar surface area (TPSA) is 56.4 Å². The summed E-state index contributed by atoms with van der Waals surface area (Å²) >= 11 is 5.75. The van der Waals surface area contributed by atoms with Gasteiger partial charge in [-0.15, -0.1) is 0 Å². The fourth-order valence-corrected chi connectivity index (χ4v) is 4.47. The molecule has 148 valence electrons. The quantitative estimate of drug-likeness (QED) is 0.649. The Bertz CT molecular complexity index is 955. The molecule has 6 nitrogen and oxygen atoms in total. The van der Waals surface area contributed by atoms with E-state index in [1.807, 2.05) is 36.7 Å². The molecule has 2 aliphatic rings. The number of H-pyrrole nitrogens is 1. The van der Waals surface area contributed by atoms with E-state index in [1.165, 1.54) is 5.69 Å². The summed E-state index contributed by atoms with van der Waals surface area (Å²) in [6, 6.07) is 18.7. The van der Waals surface area contributed by atoms with E-state index in [9.17, 15) is 0 Å². The first-order valence-corrected chi connectivity index (χ1v) is 10.3. The van der Waals surface area contributed by atoms with E-state index in [-0.39, 0.29) is 12.1 Å². The van der Waals surface area contributed by atoms with Crippen molar-refractivity contribution in [3.8, 4) is 0 Å². The summed E-state index contributed by atoms with van der Waals surface area (Å²) in [5, 5.41) is 4.19. The van der Waals surface area contributed by atoms with Gasteiger partial charge in [0.2, 0.25) is 0 Å². The second kappa shape index (κ2) is 7.85. The highest BCUT2D eigenvalue weighted by Crippen LogP contribution is 2.41. The molecule has 2 saturated heterocycles. The van der Waals surface area contributed by atoms with Crippen LogP contribution in [0, 0.1) is 0 Å². The maximum absolute atomic E-state index is 5.75. The minimum Gasteiger partial charge on any atom is -0.378 e. The zero-order valence-electron chi connectivity index (χ0n) is 16.0. The Hall–Kier alpha value is -2.90. The number of nitrogens with one attached hydrogen (secondary N) is 2. The molecule has 2 fully saturated rings. The summed E-state index contributed by atoms with van der Waals surface area (Å²) in [7, 11) is 0. The number of anilines is 2. The Morgan fingerprint density at radius 3 is 2.45 bits per heavy atom. The van der Waals surface area contributed by atoms with Crippen molar-refractivity contribution in [3.63, 3.8) is 0 Å². The lowest BCUT2D eigenvalue weighted by atomic mass is 10.0. The Morgan fingerprint density at radius 2 is 1.76 bits per heavy atom. The van der Waals surface area contributed by atoms with E-state index in [0.29, 0.717) is 5.11 Å². The number of hydrogen-bond acceptors (Lipinski definition) is 4. The number of rotatable bonds is 4. The van der Waals surface area contributed by atoms with Gasteiger partial charge < -0.3 is 24.8 Å². The number of aromatic amines is 1. The molecule has 7 heteroatoms. The van der Waals surface area contributed by atoms with Crippen molar-refractivity contribution in [1.82, 2.24) is 15.3 Å². The largest absolute Gasteiger partial charge is 0.378 e. The predicted octanol–water partition coefficient (Wildman–Crippen LogP) is 3.42. The van der Waals surface area contributed by atoms with Crippen molar-refractivity contribution in [2.75, 3.05) is 36.1 Å². The van der Waals surface area contributed by atoms with E-state index in [0.717, 1.165) is 43.4 Å². The number of ether oxygens (including phenoxy) is 1. The molecule has 0 radical (unpaired) electrons. The van der Waals surface area contributed by atoms with E-state index < -0.39 is 0 Å². The third-order valence-corrected chi connectivity index (χ3v) is 5.86. The van der Waals surface area contributed by atoms with Crippen LogP contribution in [0.5, 0.6) is 0 Å². The van der Waals surface area contributed by atoms with Gasteiger partial charge >= 0.3 is 0 Å². The summed E-state index contributed by atoms with van der Waals surface area (Å²) in [5.41, 5.74) is 4.36. The van der Waals surface area contributed by atoms with Gasteiger partial charge in [-0.3, -0.25) is 4.98 Å². The summed E-state index contributed by atoms with van der Waals surface area (Å²) in [6.07, 6.45) is 3.78. The SMILES string of the molecule is S=C1NC(c2ccccn2)C(c2ccc[nH]2)N1c1ccc(N2CCOCC2)cc1. The Morgan fingerprint density at radius 1 is 0.966 bits per heavy atom. The molecular weight excluding hydrogens is 382 g/mol. The lowest BCUT2D eigenvalue weighted by molar-refractivity contribution is 0.122. The first-order valence-electron chi connectivity index (χ1n) is 9.88. The minimum absolute atomic E-state index is 0.00152. The molecule has 5 rings (SSSR count). The van der Waals surface area contributed by atoms with E-state index in [4.69, 9.17) is 17.0 Å². The number of pyridine rings is 1. The lowest BCUT2D eigenvalue weighted by Gasteiger charge is -2.30. The molecule has 0 bridgehead atoms. The first kappa shape index (κ1) is 18.1. The van der Waals surface area contributed by atoms with Crippen LogP contribution in [0.25, 0.3) is 0 Å². The zero-order valence-corrected chi connectivity index (χ0v) is 16.8. The van der Waals surface area contributed by atoms with Gasteiger partial charge in [0.15, 0.2) is 5.11 Å². The molecule has 0 aliphatic carbocycles. The number of nitrogens with zero attached hydrogens (tertiary/aromatic N) is 3. The minimum atomic E-state index is -0.0266. The predicted molar refractivity (Wildman–Crippen MR) is 118 cm³/mol. The average molecular weight is 406 g/mol. The van der Waals surface area contributed by atoms with E-state index in [1.54, 1.807) is 0 Å². The van der Waals surface area contributed by atoms with Crippen molar-refractivity contribution in [3.05, 3.63) is 78.4 Å². The van der Waals surface area contributed by atoms with E-state index >= 15 is 0 Å². The van der Waals surface area contributed by atoms with Crippen molar-refractivity contribution in [2.24, 2.45) is 0 Å². The van der Waals surface area contributed by atoms with Gasteiger partial charge in [0.1, 0.15) is 6.04 Å². The maximum atomic E-state index is 5.75. The van der Waals surface area contributed by atoms with Crippen LogP contribution in [0.2, 0.25) is 0 Å². The van der Waals surface area contributed by atoms with Crippen LogP contribution >= 0.6 is 12.2 Å². The zero-order chi connectivity index (χ0) is 19.6. The van der Waals surface area contributed by atoms with Gasteiger partial charge in [0, 0.05) is 42.6 Å². The molecule has 2 unspecified atom stereocenters. The molecule has 0 saturated carbocycles. The molecule has 4 heterocycles. The molecule has 2 atom stereocenters. The number of morpholine rings is 1. The number of hydrogen-bond donors (Lipinski definition) is 2. The highest BCUT2D eigenvalue weighted by molar-refractivity contribution is 7.80. The summed E-state index contributed by atoms with van der Waals surface area (Å²) in [5.74, 6) is 0. The Balaban J connectivity index is 1.48. The van der Waals surface area contributed by atoms with Gasteiger partial charge in [-0.1, -0.05) is 6.07 Å². The Labute approximate surface area is 175 Å². The average Bonchev–Trinajstić information content (AvgIpc) is 3.43. The molecule has 0 spiro atoms. The third kappa shape index (κ3) is 3.47. The van der Waals surface area contributed by atoms with E-state index in [2.05, 4.69) is 55.4 Å². The highest BCUT2D eigenvalue weighted by atomic mass is 32.1. The molecule has 1 aromatic carbocycles. The smallest absolute Gasteiger partial charge is 0.174 e. The number of benzene rings is 1. The van der Waals surface area contributed by atoms with Crippen molar-refractivity contribution in [1.29, 1.82) is 0 Å². The van der Waals surface area contributed by atoms with Gasteiger partial charge in [-0.25, -0.2) is 0 Å². The fourth-order valence-electron chi connectivity index (χ4n) is 4.12. The van der Waals surface area contributed by atoms with Crippen LogP contribution in [0.1, 0.15) is 23.5 Å². The van der Waals surface area contributed by atoms with Crippen molar-refractivity contribution < 1.29 is 4.74 Å². The highest BCUT2D eigenvalue weighted by Gasteiger charge is 2.41. The van der Waals surface area contributed by atoms with Gasteiger partial charge in [0.25, 0.3) is 0 Å².